The average Bonchev–Trinajstić information content (AvgIpc) is 3.14. The van der Waals surface area contributed by atoms with Crippen LogP contribution in [0.2, 0.25) is 0 Å². The Hall–Kier alpha value is -2.11. The van der Waals surface area contributed by atoms with Gasteiger partial charge in [0.25, 0.3) is 0 Å². The number of aromatic amines is 1. The molecule has 2 aromatic rings. The van der Waals surface area contributed by atoms with E-state index in [1.807, 2.05) is 29.5 Å². The summed E-state index contributed by atoms with van der Waals surface area (Å²) in [5.41, 5.74) is 3.67. The maximum Gasteiger partial charge on any atom is 0.245 e. The Labute approximate surface area is 129 Å². The Morgan fingerprint density at radius 1 is 1.45 bits per heavy atom. The van der Waals surface area contributed by atoms with Crippen LogP contribution in [0.3, 0.4) is 0 Å². The van der Waals surface area contributed by atoms with E-state index in [1.54, 1.807) is 6.20 Å². The Morgan fingerprint density at radius 2 is 2.27 bits per heavy atom. The number of nitrogens with one attached hydrogen (secondary N) is 1. The van der Waals surface area contributed by atoms with Crippen LogP contribution in [0.1, 0.15) is 54.5 Å². The zero-order valence-electron chi connectivity index (χ0n) is 13.0. The second-order valence-electron chi connectivity index (χ2n) is 6.41. The molecule has 1 amide bonds. The molecule has 116 valence electrons. The first kappa shape index (κ1) is 13.5. The van der Waals surface area contributed by atoms with E-state index in [0.29, 0.717) is 12.5 Å². The smallest absolute Gasteiger partial charge is 0.245 e. The summed E-state index contributed by atoms with van der Waals surface area (Å²) >= 11 is 0. The van der Waals surface area contributed by atoms with Crippen molar-refractivity contribution in [1.29, 1.82) is 0 Å². The molecule has 6 heteroatoms. The standard InChI is InChI=1S/C16H21N5O/c1-10(21-8-6-17-11(21)2)16(22)20-7-5-14-13(9-20)15(19-18-14)12-3-4-12/h6,8,10,12H,3-5,7,9H2,1-2H3,(H,18,19). The minimum absolute atomic E-state index is 0.162. The molecule has 0 aromatic carbocycles. The largest absolute Gasteiger partial charge is 0.336 e. The molecule has 0 saturated heterocycles. The lowest BCUT2D eigenvalue weighted by Crippen LogP contribution is -2.40. The van der Waals surface area contributed by atoms with Gasteiger partial charge in [-0.25, -0.2) is 4.98 Å². The Bertz CT molecular complexity index is 712. The van der Waals surface area contributed by atoms with E-state index in [1.165, 1.54) is 29.8 Å². The lowest BCUT2D eigenvalue weighted by Gasteiger charge is -2.30. The SMILES string of the molecule is Cc1nccn1C(C)C(=O)N1CCc2[nH]nc(C3CC3)c2C1. The summed E-state index contributed by atoms with van der Waals surface area (Å²) in [5, 5.41) is 7.65. The van der Waals surface area contributed by atoms with Gasteiger partial charge in [0, 0.05) is 49.1 Å². The van der Waals surface area contributed by atoms with E-state index in [2.05, 4.69) is 15.2 Å². The number of fused-ring (bicyclic) bond motifs is 1. The molecular weight excluding hydrogens is 278 g/mol. The molecular formula is C16H21N5O. The number of carbonyl (C=O) groups is 1. The quantitative estimate of drug-likeness (QED) is 0.942. The molecule has 3 heterocycles. The first-order chi connectivity index (χ1) is 10.6. The predicted octanol–water partition coefficient (Wildman–Crippen LogP) is 1.94. The fraction of sp³-hybridized carbons (Fsp3) is 0.562. The predicted molar refractivity (Wildman–Crippen MR) is 81.4 cm³/mol. The van der Waals surface area contributed by atoms with Crippen molar-refractivity contribution in [2.45, 2.75) is 51.6 Å². The van der Waals surface area contributed by atoms with Gasteiger partial charge in [-0.15, -0.1) is 0 Å². The van der Waals surface area contributed by atoms with Gasteiger partial charge >= 0.3 is 0 Å². The monoisotopic (exact) mass is 299 g/mol. The highest BCUT2D eigenvalue weighted by Crippen LogP contribution is 2.42. The second-order valence-corrected chi connectivity index (χ2v) is 6.41. The Balaban J connectivity index is 1.55. The van der Waals surface area contributed by atoms with Crippen molar-refractivity contribution in [1.82, 2.24) is 24.6 Å². The van der Waals surface area contributed by atoms with Gasteiger partial charge in [-0.2, -0.15) is 5.10 Å². The summed E-state index contributed by atoms with van der Waals surface area (Å²) in [4.78, 5) is 19.0. The van der Waals surface area contributed by atoms with Crippen molar-refractivity contribution >= 4 is 5.91 Å². The van der Waals surface area contributed by atoms with E-state index in [4.69, 9.17) is 0 Å². The maximum atomic E-state index is 12.8. The number of aryl methyl sites for hydroxylation is 1. The third-order valence-electron chi connectivity index (χ3n) is 4.88. The third kappa shape index (κ3) is 2.14. The number of rotatable bonds is 3. The molecule has 0 radical (unpaired) electrons. The summed E-state index contributed by atoms with van der Waals surface area (Å²) in [6.07, 6.45) is 6.96. The minimum atomic E-state index is -0.208. The van der Waals surface area contributed by atoms with Crippen LogP contribution >= 0.6 is 0 Å². The van der Waals surface area contributed by atoms with Crippen LogP contribution in [0, 0.1) is 6.92 Å². The van der Waals surface area contributed by atoms with Crippen LogP contribution in [0.15, 0.2) is 12.4 Å². The molecule has 2 aromatic heterocycles. The summed E-state index contributed by atoms with van der Waals surface area (Å²) in [6, 6.07) is -0.208. The number of hydrogen-bond acceptors (Lipinski definition) is 3. The van der Waals surface area contributed by atoms with Crippen LogP contribution < -0.4 is 0 Å². The number of aromatic nitrogens is 4. The summed E-state index contributed by atoms with van der Waals surface area (Å²) in [6.45, 7) is 5.33. The number of H-pyrrole nitrogens is 1. The number of amides is 1. The first-order valence-corrected chi connectivity index (χ1v) is 7.99. The van der Waals surface area contributed by atoms with Crippen LogP contribution in [-0.2, 0) is 17.8 Å². The molecule has 1 aliphatic heterocycles. The van der Waals surface area contributed by atoms with Crippen molar-refractivity contribution in [2.75, 3.05) is 6.54 Å². The molecule has 1 aliphatic carbocycles. The number of imidazole rings is 1. The zero-order valence-corrected chi connectivity index (χ0v) is 13.0. The highest BCUT2D eigenvalue weighted by Gasteiger charge is 2.34. The van der Waals surface area contributed by atoms with Crippen molar-refractivity contribution in [2.24, 2.45) is 0 Å². The lowest BCUT2D eigenvalue weighted by molar-refractivity contribution is -0.135. The molecule has 0 spiro atoms. The Kier molecular flexibility index (Phi) is 3.06. The number of nitrogens with zero attached hydrogens (tertiary/aromatic N) is 4. The minimum Gasteiger partial charge on any atom is -0.336 e. The first-order valence-electron chi connectivity index (χ1n) is 7.99. The van der Waals surface area contributed by atoms with Crippen LogP contribution in [-0.4, -0.2) is 37.1 Å². The summed E-state index contributed by atoms with van der Waals surface area (Å²) in [5.74, 6) is 1.65. The van der Waals surface area contributed by atoms with Gasteiger partial charge in [0.15, 0.2) is 0 Å². The Morgan fingerprint density at radius 3 is 2.95 bits per heavy atom. The maximum absolute atomic E-state index is 12.8. The van der Waals surface area contributed by atoms with E-state index < -0.39 is 0 Å². The van der Waals surface area contributed by atoms with E-state index in [9.17, 15) is 4.79 Å². The van der Waals surface area contributed by atoms with Crippen LogP contribution in [0.5, 0.6) is 0 Å². The second kappa shape index (κ2) is 4.97. The van der Waals surface area contributed by atoms with Crippen molar-refractivity contribution < 1.29 is 4.79 Å². The molecule has 1 fully saturated rings. The van der Waals surface area contributed by atoms with E-state index >= 15 is 0 Å². The van der Waals surface area contributed by atoms with Gasteiger partial charge in [0.2, 0.25) is 5.91 Å². The van der Waals surface area contributed by atoms with Gasteiger partial charge in [-0.05, 0) is 26.7 Å². The number of carbonyl (C=O) groups excluding carboxylic acids is 1. The zero-order chi connectivity index (χ0) is 15.3. The molecule has 1 atom stereocenters. The summed E-state index contributed by atoms with van der Waals surface area (Å²) in [7, 11) is 0. The van der Waals surface area contributed by atoms with E-state index in [0.717, 1.165) is 18.8 Å². The lowest BCUT2D eigenvalue weighted by atomic mass is 10.0. The molecule has 0 bridgehead atoms. The summed E-state index contributed by atoms with van der Waals surface area (Å²) < 4.78 is 1.94. The topological polar surface area (TPSA) is 66.8 Å². The highest BCUT2D eigenvalue weighted by atomic mass is 16.2. The van der Waals surface area contributed by atoms with Crippen LogP contribution in [0.4, 0.5) is 0 Å². The molecule has 22 heavy (non-hydrogen) atoms. The van der Waals surface area contributed by atoms with Crippen molar-refractivity contribution in [3.63, 3.8) is 0 Å². The molecule has 6 nitrogen and oxygen atoms in total. The molecule has 1 saturated carbocycles. The fourth-order valence-corrected chi connectivity index (χ4v) is 3.38. The van der Waals surface area contributed by atoms with Crippen molar-refractivity contribution in [3.8, 4) is 0 Å². The van der Waals surface area contributed by atoms with Gasteiger partial charge in [0.1, 0.15) is 11.9 Å². The molecule has 1 N–H and O–H groups in total. The molecule has 4 rings (SSSR count). The number of hydrogen-bond donors (Lipinski definition) is 1. The van der Waals surface area contributed by atoms with Gasteiger partial charge in [-0.1, -0.05) is 0 Å². The molecule has 1 unspecified atom stereocenters. The van der Waals surface area contributed by atoms with Gasteiger partial charge in [0.05, 0.1) is 5.69 Å². The average molecular weight is 299 g/mol. The van der Waals surface area contributed by atoms with E-state index in [-0.39, 0.29) is 11.9 Å². The fourth-order valence-electron chi connectivity index (χ4n) is 3.38. The molecule has 2 aliphatic rings. The highest BCUT2D eigenvalue weighted by molar-refractivity contribution is 5.80. The normalized spacial score (nSPS) is 19.1. The van der Waals surface area contributed by atoms with Crippen LogP contribution in [0.25, 0.3) is 0 Å². The van der Waals surface area contributed by atoms with Crippen molar-refractivity contribution in [3.05, 3.63) is 35.2 Å². The van der Waals surface area contributed by atoms with Gasteiger partial charge in [-0.3, -0.25) is 9.89 Å². The van der Waals surface area contributed by atoms with Gasteiger partial charge < -0.3 is 9.47 Å². The third-order valence-corrected chi connectivity index (χ3v) is 4.88.